The maximum absolute atomic E-state index is 12.3. The average molecular weight is 397 g/mol. The number of aryl methyl sites for hydroxylation is 1. The molecule has 0 aliphatic heterocycles. The number of rotatable bonds is 8. The minimum absolute atomic E-state index is 0.308. The topological polar surface area (TPSA) is 76.1 Å². The molecule has 1 heterocycles. The van der Waals surface area contributed by atoms with Crippen LogP contribution in [0.2, 0.25) is 5.02 Å². The van der Waals surface area contributed by atoms with Gasteiger partial charge in [-0.25, -0.2) is 9.97 Å². The SMILES string of the molecule is COc1ccc(NC(=O)c2cnc(NCCCc3ccccc3)nc2)cc1Cl. The van der Waals surface area contributed by atoms with Crippen molar-refractivity contribution in [3.63, 3.8) is 0 Å². The summed E-state index contributed by atoms with van der Waals surface area (Å²) in [5.74, 6) is 0.736. The van der Waals surface area contributed by atoms with E-state index in [4.69, 9.17) is 16.3 Å². The zero-order valence-electron chi connectivity index (χ0n) is 15.5. The van der Waals surface area contributed by atoms with Crippen molar-refractivity contribution in [1.29, 1.82) is 0 Å². The maximum atomic E-state index is 12.3. The van der Waals surface area contributed by atoms with Gasteiger partial charge in [-0.1, -0.05) is 41.9 Å². The van der Waals surface area contributed by atoms with Crippen LogP contribution in [-0.4, -0.2) is 29.5 Å². The standard InChI is InChI=1S/C21H21ClN4O2/c1-28-19-10-9-17(12-18(19)22)26-20(27)16-13-24-21(25-14-16)23-11-5-8-15-6-3-2-4-7-15/h2-4,6-7,9-10,12-14H,5,8,11H2,1H3,(H,26,27)(H,23,24,25). The predicted molar refractivity (Wildman–Crippen MR) is 111 cm³/mol. The van der Waals surface area contributed by atoms with Crippen molar-refractivity contribution < 1.29 is 9.53 Å². The highest BCUT2D eigenvalue weighted by atomic mass is 35.5. The van der Waals surface area contributed by atoms with Gasteiger partial charge in [-0.3, -0.25) is 4.79 Å². The lowest BCUT2D eigenvalue weighted by Crippen LogP contribution is -2.14. The zero-order chi connectivity index (χ0) is 19.8. The van der Waals surface area contributed by atoms with Gasteiger partial charge < -0.3 is 15.4 Å². The van der Waals surface area contributed by atoms with Crippen LogP contribution in [-0.2, 0) is 6.42 Å². The Balaban J connectivity index is 1.49. The lowest BCUT2D eigenvalue weighted by Gasteiger charge is -2.08. The van der Waals surface area contributed by atoms with Crippen LogP contribution in [0, 0.1) is 0 Å². The number of hydrogen-bond acceptors (Lipinski definition) is 5. The summed E-state index contributed by atoms with van der Waals surface area (Å²) in [6.07, 6.45) is 4.94. The molecule has 0 saturated carbocycles. The minimum Gasteiger partial charge on any atom is -0.495 e. The number of methoxy groups -OCH3 is 1. The van der Waals surface area contributed by atoms with Crippen LogP contribution < -0.4 is 15.4 Å². The summed E-state index contributed by atoms with van der Waals surface area (Å²) in [4.78, 5) is 20.7. The number of nitrogens with zero attached hydrogens (tertiary/aromatic N) is 2. The van der Waals surface area contributed by atoms with E-state index in [1.54, 1.807) is 18.2 Å². The molecule has 0 spiro atoms. The van der Waals surface area contributed by atoms with Gasteiger partial charge in [0.1, 0.15) is 5.75 Å². The van der Waals surface area contributed by atoms with E-state index in [1.165, 1.54) is 25.1 Å². The highest BCUT2D eigenvalue weighted by Crippen LogP contribution is 2.27. The molecule has 144 valence electrons. The number of nitrogens with one attached hydrogen (secondary N) is 2. The Hall–Kier alpha value is -3.12. The molecular weight excluding hydrogens is 376 g/mol. The van der Waals surface area contributed by atoms with Crippen LogP contribution in [0.5, 0.6) is 5.75 Å². The Morgan fingerprint density at radius 2 is 1.86 bits per heavy atom. The highest BCUT2D eigenvalue weighted by Gasteiger charge is 2.09. The summed E-state index contributed by atoms with van der Waals surface area (Å²) >= 11 is 6.07. The molecule has 1 aromatic heterocycles. The van der Waals surface area contributed by atoms with Crippen LogP contribution in [0.3, 0.4) is 0 Å². The molecule has 0 unspecified atom stereocenters. The Morgan fingerprint density at radius 3 is 2.54 bits per heavy atom. The molecule has 6 nitrogen and oxygen atoms in total. The summed E-state index contributed by atoms with van der Waals surface area (Å²) in [6.45, 7) is 0.755. The van der Waals surface area contributed by atoms with Gasteiger partial charge in [0, 0.05) is 24.6 Å². The van der Waals surface area contributed by atoms with Crippen molar-refractivity contribution >= 4 is 29.1 Å². The lowest BCUT2D eigenvalue weighted by molar-refractivity contribution is 0.102. The third kappa shape index (κ3) is 5.44. The lowest BCUT2D eigenvalue weighted by atomic mass is 10.1. The van der Waals surface area contributed by atoms with Gasteiger partial charge in [-0.2, -0.15) is 0 Å². The van der Waals surface area contributed by atoms with Gasteiger partial charge in [0.25, 0.3) is 5.91 Å². The molecule has 0 saturated heterocycles. The third-order valence-electron chi connectivity index (χ3n) is 4.09. The Labute approximate surface area is 168 Å². The first kappa shape index (κ1) is 19.6. The van der Waals surface area contributed by atoms with Gasteiger partial charge in [0.15, 0.2) is 0 Å². The molecule has 2 aromatic carbocycles. The molecule has 3 aromatic rings. The molecule has 0 bridgehead atoms. The fraction of sp³-hybridized carbons (Fsp3) is 0.190. The summed E-state index contributed by atoms with van der Waals surface area (Å²) < 4.78 is 5.10. The van der Waals surface area contributed by atoms with Crippen molar-refractivity contribution in [1.82, 2.24) is 9.97 Å². The van der Waals surface area contributed by atoms with Gasteiger partial charge in [0.2, 0.25) is 5.95 Å². The molecule has 0 radical (unpaired) electrons. The molecule has 0 aliphatic rings. The molecule has 3 rings (SSSR count). The molecule has 7 heteroatoms. The quantitative estimate of drug-likeness (QED) is 0.550. The third-order valence-corrected chi connectivity index (χ3v) is 4.39. The summed E-state index contributed by atoms with van der Waals surface area (Å²) in [5, 5.41) is 6.35. The Morgan fingerprint density at radius 1 is 1.11 bits per heavy atom. The second-order valence-corrected chi connectivity index (χ2v) is 6.52. The van der Waals surface area contributed by atoms with Crippen molar-refractivity contribution in [2.24, 2.45) is 0 Å². The molecule has 0 fully saturated rings. The number of ether oxygens (including phenoxy) is 1. The number of anilines is 2. The molecule has 1 amide bonds. The summed E-state index contributed by atoms with van der Waals surface area (Å²) in [7, 11) is 1.54. The first-order valence-electron chi connectivity index (χ1n) is 8.90. The van der Waals surface area contributed by atoms with E-state index in [-0.39, 0.29) is 5.91 Å². The van der Waals surface area contributed by atoms with Gasteiger partial charge >= 0.3 is 0 Å². The summed E-state index contributed by atoms with van der Waals surface area (Å²) in [5.41, 5.74) is 2.23. The number of amides is 1. The van der Waals surface area contributed by atoms with E-state index in [0.29, 0.717) is 28.0 Å². The van der Waals surface area contributed by atoms with Crippen LogP contribution in [0.15, 0.2) is 60.9 Å². The second kappa shape index (κ2) is 9.71. The van der Waals surface area contributed by atoms with Crippen LogP contribution in [0.25, 0.3) is 0 Å². The van der Waals surface area contributed by atoms with Crippen LogP contribution >= 0.6 is 11.6 Å². The Kier molecular flexibility index (Phi) is 6.81. The van der Waals surface area contributed by atoms with Crippen LogP contribution in [0.4, 0.5) is 11.6 Å². The van der Waals surface area contributed by atoms with E-state index in [2.05, 4.69) is 32.7 Å². The number of benzene rings is 2. The largest absolute Gasteiger partial charge is 0.495 e. The normalized spacial score (nSPS) is 10.4. The Bertz CT molecular complexity index is 917. The summed E-state index contributed by atoms with van der Waals surface area (Å²) in [6, 6.07) is 15.3. The van der Waals surface area contributed by atoms with Crippen molar-refractivity contribution in [2.75, 3.05) is 24.3 Å². The number of carbonyl (C=O) groups excluding carboxylic acids is 1. The zero-order valence-corrected chi connectivity index (χ0v) is 16.2. The van der Waals surface area contributed by atoms with Gasteiger partial charge in [-0.15, -0.1) is 0 Å². The first-order chi connectivity index (χ1) is 13.7. The van der Waals surface area contributed by atoms with Crippen molar-refractivity contribution in [3.05, 3.63) is 77.1 Å². The van der Waals surface area contributed by atoms with E-state index in [0.717, 1.165) is 19.4 Å². The average Bonchev–Trinajstić information content (AvgIpc) is 2.72. The predicted octanol–water partition coefficient (Wildman–Crippen LogP) is 4.44. The molecule has 2 N–H and O–H groups in total. The number of carbonyl (C=O) groups is 1. The van der Waals surface area contributed by atoms with E-state index in [9.17, 15) is 4.79 Å². The van der Waals surface area contributed by atoms with Crippen molar-refractivity contribution in [2.45, 2.75) is 12.8 Å². The first-order valence-corrected chi connectivity index (χ1v) is 9.28. The molecule has 28 heavy (non-hydrogen) atoms. The van der Waals surface area contributed by atoms with Crippen LogP contribution in [0.1, 0.15) is 22.3 Å². The van der Waals surface area contributed by atoms with E-state index < -0.39 is 0 Å². The molecular formula is C21H21ClN4O2. The molecule has 0 atom stereocenters. The smallest absolute Gasteiger partial charge is 0.258 e. The van der Waals surface area contributed by atoms with E-state index in [1.807, 2.05) is 18.2 Å². The van der Waals surface area contributed by atoms with E-state index >= 15 is 0 Å². The van der Waals surface area contributed by atoms with Gasteiger partial charge in [0.05, 0.1) is 17.7 Å². The molecule has 0 aliphatic carbocycles. The fourth-order valence-electron chi connectivity index (χ4n) is 2.62. The fourth-order valence-corrected chi connectivity index (χ4v) is 2.88. The number of hydrogen-bond donors (Lipinski definition) is 2. The number of halogens is 1. The van der Waals surface area contributed by atoms with Gasteiger partial charge in [-0.05, 0) is 36.6 Å². The maximum Gasteiger partial charge on any atom is 0.258 e. The second-order valence-electron chi connectivity index (χ2n) is 6.11. The monoisotopic (exact) mass is 396 g/mol. The minimum atomic E-state index is -0.308. The van der Waals surface area contributed by atoms with Crippen molar-refractivity contribution in [3.8, 4) is 5.75 Å². The number of aromatic nitrogens is 2. The highest BCUT2D eigenvalue weighted by molar-refractivity contribution is 6.32.